The molecule has 1 aromatic carbocycles. The highest BCUT2D eigenvalue weighted by Gasteiger charge is 2.28. The third-order valence-corrected chi connectivity index (χ3v) is 4.22. The largest absolute Gasteiger partial charge is 0.326 e. The Morgan fingerprint density at radius 3 is 2.84 bits per heavy atom. The number of para-hydroxylation sites is 1. The van der Waals surface area contributed by atoms with Crippen LogP contribution in [0.15, 0.2) is 61.1 Å². The average Bonchev–Trinajstić information content (AvgIpc) is 2.67. The van der Waals surface area contributed by atoms with Crippen LogP contribution in [-0.4, -0.2) is 33.4 Å². The summed E-state index contributed by atoms with van der Waals surface area (Å²) in [5.74, 6) is 0.309. The average molecular weight is 331 g/mol. The van der Waals surface area contributed by atoms with E-state index in [-0.39, 0.29) is 11.9 Å². The van der Waals surface area contributed by atoms with E-state index in [9.17, 15) is 4.79 Å². The van der Waals surface area contributed by atoms with Gasteiger partial charge in [0, 0.05) is 42.4 Å². The van der Waals surface area contributed by atoms with E-state index in [4.69, 9.17) is 5.73 Å². The quantitative estimate of drug-likeness (QED) is 0.777. The second kappa shape index (κ2) is 6.41. The zero-order valence-corrected chi connectivity index (χ0v) is 13.5. The molecular weight excluding hydrogens is 314 g/mol. The summed E-state index contributed by atoms with van der Waals surface area (Å²) in [5.41, 5.74) is 9.24. The minimum Gasteiger partial charge on any atom is -0.326 e. The number of nitrogens with two attached hydrogens (primary N) is 1. The van der Waals surface area contributed by atoms with E-state index in [0.717, 1.165) is 23.2 Å². The molecule has 1 amide bonds. The molecule has 2 aromatic heterocycles. The number of amides is 1. The predicted molar refractivity (Wildman–Crippen MR) is 95.1 cm³/mol. The summed E-state index contributed by atoms with van der Waals surface area (Å²) in [6.07, 6.45) is 5.73. The first kappa shape index (κ1) is 15.4. The van der Waals surface area contributed by atoms with Gasteiger partial charge in [-0.05, 0) is 36.2 Å². The van der Waals surface area contributed by atoms with Crippen LogP contribution in [0, 0.1) is 0 Å². The van der Waals surface area contributed by atoms with E-state index in [1.54, 1.807) is 29.6 Å². The Labute approximate surface area is 145 Å². The van der Waals surface area contributed by atoms with Crippen LogP contribution in [0.1, 0.15) is 16.1 Å². The topological polar surface area (TPSA) is 85.0 Å². The van der Waals surface area contributed by atoms with Crippen LogP contribution in [0.3, 0.4) is 0 Å². The highest BCUT2D eigenvalue weighted by atomic mass is 16.2. The van der Waals surface area contributed by atoms with Crippen LogP contribution in [0.25, 0.3) is 11.4 Å². The first-order chi connectivity index (χ1) is 12.2. The van der Waals surface area contributed by atoms with E-state index in [0.29, 0.717) is 18.1 Å². The molecule has 0 fully saturated rings. The molecule has 3 heterocycles. The molecule has 6 heteroatoms. The van der Waals surface area contributed by atoms with Gasteiger partial charge in [-0.1, -0.05) is 18.2 Å². The molecule has 0 saturated heterocycles. The molecule has 124 valence electrons. The molecule has 25 heavy (non-hydrogen) atoms. The zero-order valence-electron chi connectivity index (χ0n) is 13.5. The number of nitrogens with zero attached hydrogens (tertiary/aromatic N) is 4. The standard InChI is InChI=1S/C19H17N5O/c20-15-10-13-4-1-2-6-17(13)24(12-15)19(25)16-7-9-22-18(23-16)14-5-3-8-21-11-14/h1-9,11,15H,10,12,20H2. The number of fused-ring (bicyclic) bond motifs is 1. The summed E-state index contributed by atoms with van der Waals surface area (Å²) < 4.78 is 0. The van der Waals surface area contributed by atoms with Gasteiger partial charge in [0.1, 0.15) is 5.69 Å². The molecule has 0 saturated carbocycles. The summed E-state index contributed by atoms with van der Waals surface area (Å²) in [6, 6.07) is 13.1. The third kappa shape index (κ3) is 2.99. The van der Waals surface area contributed by atoms with E-state index in [1.807, 2.05) is 36.4 Å². The van der Waals surface area contributed by atoms with Gasteiger partial charge in [0.25, 0.3) is 5.91 Å². The maximum absolute atomic E-state index is 13.1. The van der Waals surface area contributed by atoms with Crippen molar-refractivity contribution in [3.05, 3.63) is 72.3 Å². The fourth-order valence-corrected chi connectivity index (χ4v) is 3.07. The Morgan fingerprint density at radius 1 is 1.12 bits per heavy atom. The lowest BCUT2D eigenvalue weighted by molar-refractivity contribution is 0.0978. The molecular formula is C19H17N5O. The van der Waals surface area contributed by atoms with Gasteiger partial charge in [-0.2, -0.15) is 0 Å². The Kier molecular flexibility index (Phi) is 3.95. The number of anilines is 1. The van der Waals surface area contributed by atoms with Crippen molar-refractivity contribution in [3.63, 3.8) is 0 Å². The summed E-state index contributed by atoms with van der Waals surface area (Å²) in [5, 5.41) is 0. The van der Waals surface area contributed by atoms with Crippen molar-refractivity contribution < 1.29 is 4.79 Å². The maximum atomic E-state index is 13.1. The van der Waals surface area contributed by atoms with Crippen molar-refractivity contribution in [2.45, 2.75) is 12.5 Å². The zero-order chi connectivity index (χ0) is 17.2. The number of carbonyl (C=O) groups is 1. The monoisotopic (exact) mass is 331 g/mol. The van der Waals surface area contributed by atoms with E-state index >= 15 is 0 Å². The number of hydrogen-bond acceptors (Lipinski definition) is 5. The van der Waals surface area contributed by atoms with Crippen molar-refractivity contribution in [1.82, 2.24) is 15.0 Å². The smallest absolute Gasteiger partial charge is 0.277 e. The summed E-state index contributed by atoms with van der Waals surface area (Å²) in [4.78, 5) is 27.5. The minimum absolute atomic E-state index is 0.0847. The van der Waals surface area contributed by atoms with Crippen LogP contribution in [-0.2, 0) is 6.42 Å². The molecule has 0 aliphatic carbocycles. The van der Waals surface area contributed by atoms with Crippen molar-refractivity contribution in [2.24, 2.45) is 5.73 Å². The third-order valence-electron chi connectivity index (χ3n) is 4.22. The van der Waals surface area contributed by atoms with Crippen LogP contribution in [0.2, 0.25) is 0 Å². The lowest BCUT2D eigenvalue weighted by atomic mass is 9.98. The van der Waals surface area contributed by atoms with Gasteiger partial charge < -0.3 is 10.6 Å². The molecule has 1 unspecified atom stereocenters. The maximum Gasteiger partial charge on any atom is 0.277 e. The van der Waals surface area contributed by atoms with Gasteiger partial charge in [-0.25, -0.2) is 9.97 Å². The first-order valence-corrected chi connectivity index (χ1v) is 8.11. The molecule has 3 aromatic rings. The lowest BCUT2D eigenvalue weighted by Gasteiger charge is -2.32. The van der Waals surface area contributed by atoms with E-state index in [1.165, 1.54) is 0 Å². The number of pyridine rings is 1. The van der Waals surface area contributed by atoms with Gasteiger partial charge >= 0.3 is 0 Å². The Hall–Kier alpha value is -3.12. The Bertz CT molecular complexity index is 912. The van der Waals surface area contributed by atoms with Gasteiger partial charge in [0.15, 0.2) is 5.82 Å². The minimum atomic E-state index is -0.171. The molecule has 0 bridgehead atoms. The molecule has 0 spiro atoms. The number of aromatic nitrogens is 3. The number of carbonyl (C=O) groups excluding carboxylic acids is 1. The van der Waals surface area contributed by atoms with Gasteiger partial charge in [0.05, 0.1) is 0 Å². The number of benzene rings is 1. The van der Waals surface area contributed by atoms with Crippen molar-refractivity contribution in [2.75, 3.05) is 11.4 Å². The first-order valence-electron chi connectivity index (χ1n) is 8.11. The normalized spacial score (nSPS) is 16.4. The highest BCUT2D eigenvalue weighted by molar-refractivity contribution is 6.05. The molecule has 6 nitrogen and oxygen atoms in total. The summed E-state index contributed by atoms with van der Waals surface area (Å²) in [7, 11) is 0. The predicted octanol–water partition coefficient (Wildman–Crippen LogP) is 2.07. The molecule has 1 aliphatic rings. The second-order valence-electron chi connectivity index (χ2n) is 6.02. The van der Waals surface area contributed by atoms with Gasteiger partial charge in [-0.15, -0.1) is 0 Å². The number of hydrogen-bond donors (Lipinski definition) is 1. The van der Waals surface area contributed by atoms with Crippen LogP contribution in [0.5, 0.6) is 0 Å². The fourth-order valence-electron chi connectivity index (χ4n) is 3.07. The van der Waals surface area contributed by atoms with Gasteiger partial charge in [0.2, 0.25) is 0 Å². The molecule has 1 atom stereocenters. The van der Waals surface area contributed by atoms with Crippen molar-refractivity contribution >= 4 is 11.6 Å². The van der Waals surface area contributed by atoms with Crippen molar-refractivity contribution in [3.8, 4) is 11.4 Å². The fraction of sp³-hybridized carbons (Fsp3) is 0.158. The highest BCUT2D eigenvalue weighted by Crippen LogP contribution is 2.27. The number of rotatable bonds is 2. The summed E-state index contributed by atoms with van der Waals surface area (Å²) in [6.45, 7) is 0.474. The molecule has 4 rings (SSSR count). The Morgan fingerprint density at radius 2 is 2.00 bits per heavy atom. The Balaban J connectivity index is 1.70. The van der Waals surface area contributed by atoms with Gasteiger partial charge in [-0.3, -0.25) is 9.78 Å². The molecule has 0 radical (unpaired) electrons. The van der Waals surface area contributed by atoms with E-state index in [2.05, 4.69) is 15.0 Å². The molecule has 1 aliphatic heterocycles. The van der Waals surface area contributed by atoms with Crippen LogP contribution < -0.4 is 10.6 Å². The lowest BCUT2D eigenvalue weighted by Crippen LogP contribution is -2.46. The van der Waals surface area contributed by atoms with Crippen LogP contribution >= 0.6 is 0 Å². The second-order valence-corrected chi connectivity index (χ2v) is 6.02. The summed E-state index contributed by atoms with van der Waals surface area (Å²) >= 11 is 0. The molecule has 2 N–H and O–H groups in total. The SMILES string of the molecule is NC1Cc2ccccc2N(C(=O)c2ccnc(-c3cccnc3)n2)C1. The van der Waals surface area contributed by atoms with Crippen LogP contribution in [0.4, 0.5) is 5.69 Å². The van der Waals surface area contributed by atoms with E-state index < -0.39 is 0 Å². The van der Waals surface area contributed by atoms with Crippen molar-refractivity contribution in [1.29, 1.82) is 0 Å².